The predicted molar refractivity (Wildman–Crippen MR) is 412 cm³/mol. The van der Waals surface area contributed by atoms with Gasteiger partial charge in [0.25, 0.3) is 0 Å². The third-order valence-corrected chi connectivity index (χ3v) is 17.4. The maximum absolute atomic E-state index is 13.5. The van der Waals surface area contributed by atoms with Crippen LogP contribution in [-0.4, -0.2) is 48.1 Å². The molecule has 0 bridgehead atoms. The standard InChI is InChI=1S/C18H15ClNO3P.C18H16NO4P.C13H8FN.C12H11O3P.C7H5FO.C6H5NO.C4H9O.Cl3OP.K/c19-18(15-11-13-20-14-12-15)24(21,22-16-7-3-1-4-8-16)23-17-9-5-2-6-10-17;20-18(15-11-13-19-14-12-15)24(21,22-16-7-3-1-4-8-16)23-17-9-5-2-6-10-17;14-13-5-3-11(4-6-13)1-2-12-7-9-15-10-8-12;13-16(14-11-7-3-1-4-8-11)15-12-9-5-2-6-10-12;8-7-3-1-6(5-9)2-4-7;8-5-6-1-3-7-4-2-6;1-4(2,3)5;1-5(2,3)4;/h1-14,18H;1-14,18,20H;3-10H;1-10,13H;1-5H;1-5H;1-3H3;;/q;;;;;;-1;;+1. The van der Waals surface area contributed by atoms with Crippen LogP contribution in [0.2, 0.25) is 0 Å². The van der Waals surface area contributed by atoms with Crippen molar-refractivity contribution < 1.29 is 126 Å². The van der Waals surface area contributed by atoms with Gasteiger partial charge in [-0.2, -0.15) is 0 Å². The van der Waals surface area contributed by atoms with Crippen LogP contribution in [0, 0.1) is 23.5 Å². The molecule has 0 saturated heterocycles. The van der Waals surface area contributed by atoms with Gasteiger partial charge in [0, 0.05) is 71.8 Å². The number of carbonyl (C=O) groups is 2. The number of benzene rings is 8. The van der Waals surface area contributed by atoms with E-state index in [1.165, 1.54) is 48.8 Å². The zero-order chi connectivity index (χ0) is 76.9. The van der Waals surface area contributed by atoms with E-state index in [-0.39, 0.29) is 63.0 Å². The number of rotatable bonds is 18. The van der Waals surface area contributed by atoms with Gasteiger partial charge in [-0.05, 0) is 215 Å². The molecular weight excluding hydrogens is 1560 g/mol. The van der Waals surface area contributed by atoms with E-state index in [0.29, 0.717) is 63.0 Å². The second kappa shape index (κ2) is 50.4. The van der Waals surface area contributed by atoms with Crippen molar-refractivity contribution in [1.29, 1.82) is 0 Å². The zero-order valence-electron chi connectivity index (χ0n) is 57.6. The summed E-state index contributed by atoms with van der Waals surface area (Å²) in [6, 6.07) is 78.0. The Morgan fingerprint density at radius 1 is 0.421 bits per heavy atom. The first-order valence-electron chi connectivity index (χ1n) is 31.2. The summed E-state index contributed by atoms with van der Waals surface area (Å²) in [7, 11) is -9.62. The number of hydrogen-bond donors (Lipinski definition) is 2. The van der Waals surface area contributed by atoms with Gasteiger partial charge in [0.15, 0.2) is 5.12 Å². The van der Waals surface area contributed by atoms with Gasteiger partial charge in [0.2, 0.25) is 5.85 Å². The van der Waals surface area contributed by atoms with Crippen molar-refractivity contribution >= 4 is 86.9 Å². The van der Waals surface area contributed by atoms with E-state index in [1.54, 1.807) is 228 Å². The van der Waals surface area contributed by atoms with Crippen LogP contribution in [0.1, 0.15) is 74.7 Å². The summed E-state index contributed by atoms with van der Waals surface area (Å²) in [6.07, 6.45) is 14.2. The fourth-order valence-electron chi connectivity index (χ4n) is 7.42. The molecule has 8 aromatic carbocycles. The number of alkyl halides is 1. The van der Waals surface area contributed by atoms with E-state index in [9.17, 15) is 47.2 Å². The van der Waals surface area contributed by atoms with Crippen LogP contribution in [0.15, 0.2) is 329 Å². The van der Waals surface area contributed by atoms with Gasteiger partial charge in [0.1, 0.15) is 58.7 Å². The monoisotopic (exact) mass is 1630 g/mol. The van der Waals surface area contributed by atoms with Crippen molar-refractivity contribution in [2.75, 3.05) is 0 Å². The molecule has 12 aromatic rings. The molecule has 0 aliphatic rings. The average Bonchev–Trinajstić information content (AvgIpc) is 0.811. The van der Waals surface area contributed by atoms with E-state index in [0.717, 1.165) is 17.4 Å². The van der Waals surface area contributed by atoms with Crippen molar-refractivity contribution in [2.45, 2.75) is 37.3 Å². The molecule has 12 rings (SSSR count). The van der Waals surface area contributed by atoms with Crippen molar-refractivity contribution in [3.63, 3.8) is 0 Å². The first-order valence-corrected chi connectivity index (χ1v) is 40.4. The number of hydrogen-bond acceptors (Lipinski definition) is 18. The molecule has 29 heteroatoms. The second-order valence-electron chi connectivity index (χ2n) is 21.6. The van der Waals surface area contributed by atoms with E-state index in [1.807, 2.05) is 72.8 Å². The fourth-order valence-corrected chi connectivity index (χ4v) is 11.6. The van der Waals surface area contributed by atoms with E-state index in [4.69, 9.17) is 38.7 Å². The molecular formula is C78H69Cl4F2KN4O14P4. The minimum Gasteiger partial charge on any atom is -0.850 e. The maximum Gasteiger partial charge on any atom is 1.00 e. The van der Waals surface area contributed by atoms with E-state index in [2.05, 4.69) is 65.5 Å². The number of aliphatic hydroxyl groups is 1. The average molecular weight is 1630 g/mol. The van der Waals surface area contributed by atoms with Crippen LogP contribution in [0.25, 0.3) is 0 Å². The molecule has 548 valence electrons. The van der Waals surface area contributed by atoms with Crippen LogP contribution < -0.4 is 83.6 Å². The minimum atomic E-state index is -3.95. The number of aldehydes is 2. The van der Waals surface area contributed by atoms with Crippen LogP contribution >= 0.6 is 74.3 Å². The third kappa shape index (κ3) is 40.5. The number of aliphatic hydroxyl groups excluding tert-OH is 1. The summed E-state index contributed by atoms with van der Waals surface area (Å²) in [5, 5.41) is 16.5. The zero-order valence-corrected chi connectivity index (χ0v) is 67.3. The van der Waals surface area contributed by atoms with Gasteiger partial charge < -0.3 is 42.2 Å². The number of pyridine rings is 4. The van der Waals surface area contributed by atoms with Gasteiger partial charge in [0.05, 0.1) is 0 Å². The van der Waals surface area contributed by atoms with Gasteiger partial charge in [-0.1, -0.05) is 142 Å². The topological polar surface area (TPSA) is 256 Å². The van der Waals surface area contributed by atoms with Crippen LogP contribution in [0.5, 0.6) is 34.5 Å². The molecule has 2 unspecified atom stereocenters. The van der Waals surface area contributed by atoms with E-state index >= 15 is 0 Å². The Morgan fingerprint density at radius 2 is 0.673 bits per heavy atom. The third-order valence-electron chi connectivity index (χ3n) is 12.0. The van der Waals surface area contributed by atoms with Gasteiger partial charge in [-0.3, -0.25) is 34.1 Å². The molecule has 0 saturated carbocycles. The number of nitrogens with zero attached hydrogens (tertiary/aromatic N) is 4. The van der Waals surface area contributed by atoms with Crippen molar-refractivity contribution in [3.8, 4) is 46.3 Å². The molecule has 18 nitrogen and oxygen atoms in total. The summed E-state index contributed by atoms with van der Waals surface area (Å²) in [6.45, 7) is 4.90. The molecule has 0 fully saturated rings. The summed E-state index contributed by atoms with van der Waals surface area (Å²) in [4.78, 5) is 45.0. The van der Waals surface area contributed by atoms with Crippen molar-refractivity contribution in [1.82, 2.24) is 19.9 Å². The Labute approximate surface area is 683 Å². The van der Waals surface area contributed by atoms with Crippen molar-refractivity contribution in [3.05, 3.63) is 374 Å². The van der Waals surface area contributed by atoms with Gasteiger partial charge in [-0.25, -0.2) is 17.9 Å². The number of halogens is 6. The largest absolute Gasteiger partial charge is 1.00 e. The Kier molecular flexibility index (Phi) is 42.9. The molecule has 0 amide bonds. The van der Waals surface area contributed by atoms with Crippen LogP contribution in [0.4, 0.5) is 8.78 Å². The first kappa shape index (κ1) is 91.1. The van der Waals surface area contributed by atoms with Crippen LogP contribution in [-0.2, 0) is 13.7 Å². The van der Waals surface area contributed by atoms with Gasteiger partial charge in [-0.15, -0.1) is 17.2 Å². The SMILES string of the molecule is CC(C)(C)[O-].Fc1ccc(C#Cc2ccncc2)cc1.O=Cc1ccc(F)cc1.O=Cc1ccncc1.O=P(Cl)(Cl)Cl.O=P(Oc1ccccc1)(Oc1ccccc1)C(Cl)c1ccncc1.O=P(Oc1ccccc1)(Oc1ccccc1)C(O)c1ccncc1.OP(Oc1ccccc1)Oc1ccccc1.[K+]. The molecule has 0 aliphatic heterocycles. The molecule has 107 heavy (non-hydrogen) atoms. The Balaban J connectivity index is 0.000000272. The molecule has 2 N–H and O–H groups in total. The summed E-state index contributed by atoms with van der Waals surface area (Å²) < 4.78 is 94.0. The summed E-state index contributed by atoms with van der Waals surface area (Å²) >= 11 is 20.3. The second-order valence-corrected chi connectivity index (χ2v) is 33.7. The molecule has 0 radical (unpaired) electrons. The number of aromatic nitrogens is 4. The molecule has 2 atom stereocenters. The smallest absolute Gasteiger partial charge is 0.850 e. The molecule has 0 spiro atoms. The predicted octanol–water partition coefficient (Wildman–Crippen LogP) is 18.6. The Bertz CT molecular complexity index is 4340. The first-order chi connectivity index (χ1) is 50.8. The molecule has 4 aromatic heterocycles. The molecule has 0 aliphatic carbocycles. The number of para-hydroxylation sites is 6. The normalized spacial score (nSPS) is 10.9. The minimum absolute atomic E-state index is 0. The quantitative estimate of drug-likeness (QED) is 0.0266. The summed E-state index contributed by atoms with van der Waals surface area (Å²) in [5.41, 5.74) is 3.13. The fraction of sp³-hybridized carbons (Fsp3) is 0.0769. The van der Waals surface area contributed by atoms with Crippen molar-refractivity contribution in [2.24, 2.45) is 0 Å². The van der Waals surface area contributed by atoms with E-state index < -0.39 is 45.6 Å². The maximum atomic E-state index is 13.5. The Morgan fingerprint density at radius 3 is 0.981 bits per heavy atom. The van der Waals surface area contributed by atoms with Crippen LogP contribution in [0.3, 0.4) is 0 Å². The molecule has 4 heterocycles. The van der Waals surface area contributed by atoms with Gasteiger partial charge >= 0.3 is 80.4 Å². The summed E-state index contributed by atoms with van der Waals surface area (Å²) in [5.74, 6) is 6.64. The number of carbonyl (C=O) groups excluding carboxylic acids is 2. The Hall–Kier alpha value is -8.28.